The molecule has 1 aliphatic heterocycles. The van der Waals surface area contributed by atoms with Crippen molar-refractivity contribution >= 4 is 27.4 Å². The van der Waals surface area contributed by atoms with Gasteiger partial charge >= 0.3 is 6.01 Å². The first-order valence-corrected chi connectivity index (χ1v) is 13.6. The van der Waals surface area contributed by atoms with Gasteiger partial charge < -0.3 is 20.2 Å². The number of nitrogens with zero attached hydrogens (tertiary/aromatic N) is 3. The van der Waals surface area contributed by atoms with Gasteiger partial charge in [-0.1, -0.05) is 18.2 Å². The van der Waals surface area contributed by atoms with Crippen LogP contribution in [0.15, 0.2) is 82.6 Å². The first-order valence-electron chi connectivity index (χ1n) is 12.1. The van der Waals surface area contributed by atoms with E-state index in [1.807, 2.05) is 18.2 Å². The normalized spacial score (nSPS) is 13.7. The molecule has 0 radical (unpaired) electrons. The Morgan fingerprint density at radius 3 is 2.76 bits per heavy atom. The van der Waals surface area contributed by atoms with Gasteiger partial charge in [0.05, 0.1) is 22.4 Å². The van der Waals surface area contributed by atoms with E-state index in [0.29, 0.717) is 30.9 Å². The van der Waals surface area contributed by atoms with Crippen LogP contribution in [-0.4, -0.2) is 43.1 Å². The minimum absolute atomic E-state index is 0.00469. The summed E-state index contributed by atoms with van der Waals surface area (Å²) in [7, 11) is -3.98. The van der Waals surface area contributed by atoms with E-state index in [1.54, 1.807) is 55.7 Å². The molecule has 192 valence electrons. The molecule has 0 saturated carbocycles. The van der Waals surface area contributed by atoms with Crippen LogP contribution in [0.3, 0.4) is 0 Å². The molecule has 2 aromatic heterocycles. The van der Waals surface area contributed by atoms with Gasteiger partial charge in [-0.25, -0.2) is 8.42 Å². The molecule has 5 rings (SSSR count). The van der Waals surface area contributed by atoms with Gasteiger partial charge in [-0.05, 0) is 73.8 Å². The van der Waals surface area contributed by atoms with Crippen LogP contribution >= 0.6 is 0 Å². The number of aromatic nitrogens is 2. The molecule has 0 bridgehead atoms. The maximum atomic E-state index is 13.8. The number of pyridine rings is 1. The van der Waals surface area contributed by atoms with E-state index in [2.05, 4.69) is 20.6 Å². The van der Waals surface area contributed by atoms with E-state index < -0.39 is 16.1 Å². The molecule has 2 aromatic carbocycles. The fourth-order valence-corrected chi connectivity index (χ4v) is 5.73. The van der Waals surface area contributed by atoms with Gasteiger partial charge in [0, 0.05) is 36.7 Å². The minimum Gasteiger partial charge on any atom is -0.431 e. The summed E-state index contributed by atoms with van der Waals surface area (Å²) in [6, 6.07) is 16.0. The molecule has 37 heavy (non-hydrogen) atoms. The fourth-order valence-electron chi connectivity index (χ4n) is 4.29. The fraction of sp³-hybridized carbons (Fsp3) is 0.259. The molecular weight excluding hydrogens is 490 g/mol. The Kier molecular flexibility index (Phi) is 7.22. The Balaban J connectivity index is 1.31. The number of hydrogen-bond acceptors (Lipinski definition) is 8. The van der Waals surface area contributed by atoms with Crippen molar-refractivity contribution in [1.29, 1.82) is 0 Å². The largest absolute Gasteiger partial charge is 0.431 e. The highest BCUT2D eigenvalue weighted by Gasteiger charge is 2.31. The first kappa shape index (κ1) is 24.9. The Hall–Kier alpha value is -3.73. The lowest BCUT2D eigenvalue weighted by atomic mass is 10.1. The smallest absolute Gasteiger partial charge is 0.316 e. The molecule has 0 aliphatic carbocycles. The molecular formula is C27H29N5O4S. The monoisotopic (exact) mass is 519 g/mol. The van der Waals surface area contributed by atoms with Crippen LogP contribution < -0.4 is 14.9 Å². The molecule has 9 nitrogen and oxygen atoms in total. The standard InChI is InChI=1S/C27H29N5O4S/c1-19-18-36-27(31-19)32(37(34,35)24-8-9-25-21(15-24)11-14-30-25)23-6-4-20(5-7-23)10-13-29-17-26(33)22-3-2-12-28-16-22/h2-9,12,15-16,18,26,29-30,33H,10-11,13-14,17H2,1H3. The van der Waals surface area contributed by atoms with Gasteiger partial charge in [-0.3, -0.25) is 4.98 Å². The highest BCUT2D eigenvalue weighted by molar-refractivity contribution is 7.93. The number of rotatable bonds is 10. The van der Waals surface area contributed by atoms with Crippen LogP contribution in [0.25, 0.3) is 0 Å². The molecule has 4 aromatic rings. The Morgan fingerprint density at radius 1 is 1.19 bits per heavy atom. The summed E-state index contributed by atoms with van der Waals surface area (Å²) in [5, 5.41) is 16.8. The second kappa shape index (κ2) is 10.7. The Labute approximate surface area is 216 Å². The van der Waals surface area contributed by atoms with Crippen LogP contribution in [0, 0.1) is 6.92 Å². The van der Waals surface area contributed by atoms with Crippen molar-refractivity contribution in [3.05, 3.63) is 95.6 Å². The number of aliphatic hydroxyl groups is 1. The number of sulfonamides is 1. The molecule has 1 atom stereocenters. The summed E-state index contributed by atoms with van der Waals surface area (Å²) in [5.74, 6) is 0. The molecule has 10 heteroatoms. The van der Waals surface area contributed by atoms with Crippen molar-refractivity contribution < 1.29 is 17.9 Å². The number of benzene rings is 2. The topological polar surface area (TPSA) is 121 Å². The zero-order valence-electron chi connectivity index (χ0n) is 20.5. The van der Waals surface area contributed by atoms with Crippen LogP contribution in [0.1, 0.15) is 28.5 Å². The minimum atomic E-state index is -3.98. The van der Waals surface area contributed by atoms with Gasteiger partial charge in [0.1, 0.15) is 6.26 Å². The van der Waals surface area contributed by atoms with E-state index >= 15 is 0 Å². The number of fused-ring (bicyclic) bond motifs is 1. The van der Waals surface area contributed by atoms with Crippen LogP contribution in [0.4, 0.5) is 17.4 Å². The number of anilines is 3. The summed E-state index contributed by atoms with van der Waals surface area (Å²) >= 11 is 0. The third-order valence-electron chi connectivity index (χ3n) is 6.27. The third-order valence-corrected chi connectivity index (χ3v) is 7.97. The zero-order valence-corrected chi connectivity index (χ0v) is 21.3. The highest BCUT2D eigenvalue weighted by atomic mass is 32.2. The highest BCUT2D eigenvalue weighted by Crippen LogP contribution is 2.34. The van der Waals surface area contributed by atoms with Crippen molar-refractivity contribution in [3.63, 3.8) is 0 Å². The van der Waals surface area contributed by atoms with Gasteiger partial charge in [-0.15, -0.1) is 0 Å². The van der Waals surface area contributed by atoms with Crippen molar-refractivity contribution in [2.24, 2.45) is 0 Å². The molecule has 3 N–H and O–H groups in total. The summed E-state index contributed by atoms with van der Waals surface area (Å²) < 4.78 is 34.3. The number of aliphatic hydroxyl groups excluding tert-OH is 1. The summed E-state index contributed by atoms with van der Waals surface area (Å²) in [4.78, 5) is 8.52. The first-order chi connectivity index (χ1) is 17.9. The molecule has 0 fully saturated rings. The SMILES string of the molecule is Cc1coc(N(c2ccc(CCNCC(O)c3cccnc3)cc2)S(=O)(=O)c2ccc3c(c2)CCN3)n1. The van der Waals surface area contributed by atoms with Crippen LogP contribution in [0.2, 0.25) is 0 Å². The lowest BCUT2D eigenvalue weighted by Gasteiger charge is -2.21. The van der Waals surface area contributed by atoms with E-state index in [4.69, 9.17) is 4.42 Å². The lowest BCUT2D eigenvalue weighted by molar-refractivity contribution is 0.174. The number of oxazole rings is 1. The molecule has 0 saturated heterocycles. The third kappa shape index (κ3) is 5.51. The van der Waals surface area contributed by atoms with Crippen LogP contribution in [0.5, 0.6) is 0 Å². The predicted octanol–water partition coefficient (Wildman–Crippen LogP) is 3.74. The quantitative estimate of drug-likeness (QED) is 0.271. The van der Waals surface area contributed by atoms with E-state index in [1.165, 1.54) is 6.26 Å². The molecule has 3 heterocycles. The second-order valence-corrected chi connectivity index (χ2v) is 10.7. The summed E-state index contributed by atoms with van der Waals surface area (Å²) in [6.45, 7) is 3.61. The number of nitrogens with one attached hydrogen (secondary N) is 2. The number of aryl methyl sites for hydroxylation is 1. The molecule has 0 amide bonds. The Morgan fingerprint density at radius 2 is 2.03 bits per heavy atom. The molecule has 0 spiro atoms. The predicted molar refractivity (Wildman–Crippen MR) is 141 cm³/mol. The maximum Gasteiger partial charge on any atom is 0.316 e. The van der Waals surface area contributed by atoms with Gasteiger partial charge in [0.25, 0.3) is 10.0 Å². The van der Waals surface area contributed by atoms with Gasteiger partial charge in [0.15, 0.2) is 0 Å². The summed E-state index contributed by atoms with van der Waals surface area (Å²) in [5.41, 5.74) is 4.75. The average Bonchev–Trinajstić information content (AvgIpc) is 3.56. The van der Waals surface area contributed by atoms with E-state index in [9.17, 15) is 13.5 Å². The molecule has 1 aliphatic rings. The van der Waals surface area contributed by atoms with Gasteiger partial charge in [0.2, 0.25) is 0 Å². The average molecular weight is 520 g/mol. The zero-order chi connectivity index (χ0) is 25.8. The lowest BCUT2D eigenvalue weighted by Crippen LogP contribution is -2.27. The van der Waals surface area contributed by atoms with Crippen LogP contribution in [-0.2, 0) is 22.9 Å². The van der Waals surface area contributed by atoms with E-state index in [-0.39, 0.29) is 10.9 Å². The Bertz CT molecular complexity index is 1460. The van der Waals surface area contributed by atoms with Crippen molar-refractivity contribution in [2.45, 2.75) is 30.8 Å². The van der Waals surface area contributed by atoms with Crippen molar-refractivity contribution in [2.75, 3.05) is 29.3 Å². The van der Waals surface area contributed by atoms with Gasteiger partial charge in [-0.2, -0.15) is 9.29 Å². The van der Waals surface area contributed by atoms with E-state index in [0.717, 1.165) is 39.6 Å². The summed E-state index contributed by atoms with van der Waals surface area (Å²) in [6.07, 6.45) is 5.62. The number of hydrogen-bond donors (Lipinski definition) is 3. The maximum absolute atomic E-state index is 13.8. The second-order valence-electron chi connectivity index (χ2n) is 8.96. The van der Waals surface area contributed by atoms with Crippen molar-refractivity contribution in [1.82, 2.24) is 15.3 Å². The van der Waals surface area contributed by atoms with Crippen molar-refractivity contribution in [3.8, 4) is 0 Å². The molecule has 1 unspecified atom stereocenters.